The molecule has 0 bridgehead atoms. The van der Waals surface area contributed by atoms with Gasteiger partial charge in [-0.15, -0.1) is 0 Å². The average molecular weight is 427 g/mol. The predicted molar refractivity (Wildman–Crippen MR) is 111 cm³/mol. The summed E-state index contributed by atoms with van der Waals surface area (Å²) in [6.45, 7) is 0. The molecule has 1 unspecified atom stereocenters. The Morgan fingerprint density at radius 2 is 1.26 bits per heavy atom. The van der Waals surface area contributed by atoms with Gasteiger partial charge in [-0.25, -0.2) is 0 Å². The molecule has 3 aromatic rings. The van der Waals surface area contributed by atoms with E-state index in [4.69, 9.17) is 14.2 Å². The minimum atomic E-state index is 0.223. The Morgan fingerprint density at radius 1 is 0.704 bits per heavy atom. The molecule has 0 aliphatic rings. The van der Waals surface area contributed by atoms with E-state index < -0.39 is 0 Å². The predicted octanol–water partition coefficient (Wildman–Crippen LogP) is 4.29. The molecule has 0 aliphatic carbocycles. The zero-order valence-electron chi connectivity index (χ0n) is 15.8. The molecule has 1 atom stereocenters. The van der Waals surface area contributed by atoms with Crippen molar-refractivity contribution in [3.63, 3.8) is 0 Å². The number of benzene rings is 3. The Labute approximate surface area is 167 Å². The first kappa shape index (κ1) is 19.3. The fourth-order valence-electron chi connectivity index (χ4n) is 3.07. The van der Waals surface area contributed by atoms with Crippen LogP contribution in [0.4, 0.5) is 0 Å². The van der Waals surface area contributed by atoms with Gasteiger partial charge in [0.15, 0.2) is 0 Å². The molecule has 0 saturated carbocycles. The molecule has 3 aromatic carbocycles. The van der Waals surface area contributed by atoms with Crippen molar-refractivity contribution in [1.29, 1.82) is 0 Å². The van der Waals surface area contributed by atoms with Crippen molar-refractivity contribution in [1.82, 2.24) is 0 Å². The summed E-state index contributed by atoms with van der Waals surface area (Å²) < 4.78 is 18.1. The van der Waals surface area contributed by atoms with Gasteiger partial charge in [-0.05, 0) is 0 Å². The molecule has 0 N–H and O–H groups in total. The molecule has 3 rings (SSSR count). The van der Waals surface area contributed by atoms with Crippen LogP contribution in [0, 0.1) is 0 Å². The third-order valence-electron chi connectivity index (χ3n) is 4.47. The minimum absolute atomic E-state index is 0.223. The van der Waals surface area contributed by atoms with Crippen molar-refractivity contribution in [2.75, 3.05) is 21.3 Å². The van der Waals surface area contributed by atoms with Crippen molar-refractivity contribution in [3.8, 4) is 17.2 Å². The molecule has 0 saturated heterocycles. The van der Waals surface area contributed by atoms with Gasteiger partial charge in [0.1, 0.15) is 0 Å². The fourth-order valence-corrected chi connectivity index (χ4v) is 5.34. The molecule has 0 spiro atoms. The van der Waals surface area contributed by atoms with E-state index in [2.05, 4.69) is 66.7 Å². The third kappa shape index (κ3) is 4.65. The quantitative estimate of drug-likeness (QED) is 0.502. The molecule has 0 amide bonds. The second kappa shape index (κ2) is 9.50. The second-order valence-corrected chi connectivity index (χ2v) is 8.33. The van der Waals surface area contributed by atoms with Crippen LogP contribution in [-0.2, 0) is 0 Å². The summed E-state index contributed by atoms with van der Waals surface area (Å²) in [6, 6.07) is 25.2. The normalized spacial score (nSPS) is 11.7. The van der Waals surface area contributed by atoms with Gasteiger partial charge in [-0.2, -0.15) is 0 Å². The van der Waals surface area contributed by atoms with E-state index >= 15 is 0 Å². The summed E-state index contributed by atoms with van der Waals surface area (Å²) in [5, 5.41) is 1.03. The van der Waals surface area contributed by atoms with Gasteiger partial charge in [-0.3, -0.25) is 0 Å². The third-order valence-corrected chi connectivity index (χ3v) is 6.79. The van der Waals surface area contributed by atoms with Crippen molar-refractivity contribution in [2.45, 2.75) is 11.2 Å². The summed E-state index contributed by atoms with van der Waals surface area (Å²) >= 11 is 0.347. The van der Waals surface area contributed by atoms with Crippen LogP contribution >= 0.6 is 0 Å². The first-order valence-corrected chi connectivity index (χ1v) is 10.9. The van der Waals surface area contributed by atoms with Gasteiger partial charge in [0.2, 0.25) is 0 Å². The van der Waals surface area contributed by atoms with Crippen LogP contribution in [-0.4, -0.2) is 36.3 Å². The van der Waals surface area contributed by atoms with Crippen LogP contribution < -0.4 is 18.7 Å². The van der Waals surface area contributed by atoms with E-state index in [0.29, 0.717) is 20.7 Å². The van der Waals surface area contributed by atoms with Crippen LogP contribution in [0.5, 0.6) is 17.2 Å². The average Bonchev–Trinajstić information content (AvgIpc) is 2.74. The van der Waals surface area contributed by atoms with E-state index in [1.165, 1.54) is 10.0 Å². The van der Waals surface area contributed by atoms with Gasteiger partial charge in [0.05, 0.1) is 0 Å². The van der Waals surface area contributed by atoms with Gasteiger partial charge >= 0.3 is 167 Å². The van der Waals surface area contributed by atoms with Gasteiger partial charge in [0.25, 0.3) is 0 Å². The summed E-state index contributed by atoms with van der Waals surface area (Å²) in [5.41, 5.74) is 2.40. The van der Waals surface area contributed by atoms with Crippen molar-refractivity contribution >= 4 is 19.4 Å². The SMILES string of the molecule is COc1cc(OC)c(C(C[Se]c2ccccc2)c2ccccc2)cc1OC. The van der Waals surface area contributed by atoms with Crippen LogP contribution in [0.2, 0.25) is 5.32 Å². The number of hydrogen-bond acceptors (Lipinski definition) is 3. The Hall–Kier alpha value is -2.42. The first-order chi connectivity index (χ1) is 13.3. The Bertz CT molecular complexity index is 850. The van der Waals surface area contributed by atoms with E-state index in [1.54, 1.807) is 21.3 Å². The molecule has 0 heterocycles. The summed E-state index contributed by atoms with van der Waals surface area (Å²) in [7, 11) is 5.01. The standard InChI is InChI=1S/C23H24O3Se/c1-24-21-15-23(26-3)22(25-2)14-19(21)20(17-10-6-4-7-11-17)16-27-18-12-8-5-9-13-18/h4-15,20H,16H2,1-3H3. The first-order valence-electron chi connectivity index (χ1n) is 8.79. The Kier molecular flexibility index (Phi) is 6.80. The molecule has 140 valence electrons. The second-order valence-electron chi connectivity index (χ2n) is 6.04. The van der Waals surface area contributed by atoms with Crippen LogP contribution in [0.15, 0.2) is 72.8 Å². The molecular formula is C23H24O3Se. The van der Waals surface area contributed by atoms with E-state index in [-0.39, 0.29) is 5.92 Å². The van der Waals surface area contributed by atoms with Gasteiger partial charge in [0, 0.05) is 0 Å². The summed E-state index contributed by atoms with van der Waals surface area (Å²) in [6.07, 6.45) is 0. The maximum absolute atomic E-state index is 5.71. The van der Waals surface area contributed by atoms with E-state index in [9.17, 15) is 0 Å². The van der Waals surface area contributed by atoms with Crippen molar-refractivity contribution < 1.29 is 14.2 Å². The zero-order chi connectivity index (χ0) is 19.1. The molecule has 0 aliphatic heterocycles. The zero-order valence-corrected chi connectivity index (χ0v) is 17.6. The molecule has 3 nitrogen and oxygen atoms in total. The molecule has 0 aromatic heterocycles. The Morgan fingerprint density at radius 3 is 1.85 bits per heavy atom. The molecule has 27 heavy (non-hydrogen) atoms. The molecular weight excluding hydrogens is 403 g/mol. The fraction of sp³-hybridized carbons (Fsp3) is 0.217. The molecule has 4 heteroatoms. The number of rotatable bonds is 8. The van der Waals surface area contributed by atoms with Gasteiger partial charge < -0.3 is 0 Å². The van der Waals surface area contributed by atoms with Crippen LogP contribution in [0.1, 0.15) is 17.0 Å². The van der Waals surface area contributed by atoms with E-state index in [1.807, 2.05) is 6.07 Å². The van der Waals surface area contributed by atoms with Crippen LogP contribution in [0.3, 0.4) is 0 Å². The monoisotopic (exact) mass is 428 g/mol. The number of ether oxygens (including phenoxy) is 3. The summed E-state index contributed by atoms with van der Waals surface area (Å²) in [4.78, 5) is 0. The number of hydrogen-bond donors (Lipinski definition) is 0. The molecule has 0 radical (unpaired) electrons. The van der Waals surface area contributed by atoms with E-state index in [0.717, 1.165) is 22.4 Å². The maximum atomic E-state index is 5.71. The number of methoxy groups -OCH3 is 3. The van der Waals surface area contributed by atoms with Crippen molar-refractivity contribution in [3.05, 3.63) is 83.9 Å². The molecule has 0 fully saturated rings. The topological polar surface area (TPSA) is 27.7 Å². The van der Waals surface area contributed by atoms with Crippen molar-refractivity contribution in [2.24, 2.45) is 0 Å². The summed E-state index contributed by atoms with van der Waals surface area (Å²) in [5.74, 6) is 2.45. The Balaban J connectivity index is 2.02. The van der Waals surface area contributed by atoms with Crippen LogP contribution in [0.25, 0.3) is 0 Å². The van der Waals surface area contributed by atoms with Gasteiger partial charge in [-0.1, -0.05) is 0 Å².